The van der Waals surface area contributed by atoms with E-state index in [-0.39, 0.29) is 18.8 Å². The molecule has 0 spiro atoms. The Kier molecular flexibility index (Phi) is 4.05. The Bertz CT molecular complexity index is 472. The van der Waals surface area contributed by atoms with Crippen LogP contribution in [0.15, 0.2) is 18.2 Å². The largest absolute Gasteiger partial charge is 0.507 e. The van der Waals surface area contributed by atoms with Gasteiger partial charge in [0.05, 0.1) is 16.8 Å². The molecule has 4 nitrogen and oxygen atoms in total. The standard InChI is InChI=1S/C13H18BNO3/c1-12(2,17)13(3,4)18-14-10-5-6-11(16)9(7-10)8-15/h5-7,14,16-17H,1-4H3. The lowest BCUT2D eigenvalue weighted by Crippen LogP contribution is -2.49. The average molecular weight is 247 g/mol. The molecule has 0 saturated heterocycles. The third-order valence-corrected chi connectivity index (χ3v) is 3.25. The molecule has 18 heavy (non-hydrogen) atoms. The van der Waals surface area contributed by atoms with Crippen LogP contribution in [0.3, 0.4) is 0 Å². The first kappa shape index (κ1) is 14.6. The van der Waals surface area contributed by atoms with Crippen molar-refractivity contribution in [3.63, 3.8) is 0 Å². The van der Waals surface area contributed by atoms with Crippen molar-refractivity contribution < 1.29 is 14.9 Å². The molecule has 0 saturated carbocycles. The number of benzene rings is 1. The fraction of sp³-hybridized carbons (Fsp3) is 0.462. The van der Waals surface area contributed by atoms with E-state index in [0.29, 0.717) is 0 Å². The number of hydrogen-bond donors (Lipinski definition) is 2. The Morgan fingerprint density at radius 3 is 2.39 bits per heavy atom. The molecule has 0 atom stereocenters. The quantitative estimate of drug-likeness (QED) is 0.772. The van der Waals surface area contributed by atoms with E-state index in [1.165, 1.54) is 6.07 Å². The molecular weight excluding hydrogens is 229 g/mol. The first-order chi connectivity index (χ1) is 8.17. The first-order valence-corrected chi connectivity index (χ1v) is 5.76. The maximum Gasteiger partial charge on any atom is 0.309 e. The normalized spacial score (nSPS) is 12.0. The SMILES string of the molecule is CC(C)(O)C(C)(C)OBc1ccc(O)c(C#N)c1. The van der Waals surface area contributed by atoms with Crippen molar-refractivity contribution in [1.82, 2.24) is 0 Å². The van der Waals surface area contributed by atoms with Gasteiger partial charge in [-0.05, 0) is 39.8 Å². The molecule has 0 bridgehead atoms. The molecule has 0 unspecified atom stereocenters. The van der Waals surface area contributed by atoms with Gasteiger partial charge in [-0.1, -0.05) is 11.5 Å². The van der Waals surface area contributed by atoms with Crippen molar-refractivity contribution in [2.75, 3.05) is 0 Å². The fourth-order valence-corrected chi connectivity index (χ4v) is 1.20. The van der Waals surface area contributed by atoms with Crippen LogP contribution in [0.1, 0.15) is 33.3 Å². The Labute approximate surface area is 108 Å². The number of phenols is 1. The highest BCUT2D eigenvalue weighted by Crippen LogP contribution is 2.24. The molecular formula is C13H18BNO3. The van der Waals surface area contributed by atoms with Crippen LogP contribution in [-0.4, -0.2) is 28.9 Å². The molecule has 0 aromatic heterocycles. The number of aromatic hydroxyl groups is 1. The molecule has 5 heteroatoms. The highest BCUT2D eigenvalue weighted by atomic mass is 16.5. The number of nitriles is 1. The van der Waals surface area contributed by atoms with E-state index in [9.17, 15) is 10.2 Å². The molecule has 1 aromatic carbocycles. The van der Waals surface area contributed by atoms with Crippen LogP contribution in [-0.2, 0) is 4.65 Å². The minimum absolute atomic E-state index is 0.0389. The van der Waals surface area contributed by atoms with E-state index in [4.69, 9.17) is 9.92 Å². The summed E-state index contributed by atoms with van der Waals surface area (Å²) in [6.07, 6.45) is 0. The zero-order chi connectivity index (χ0) is 14.0. The van der Waals surface area contributed by atoms with Crippen molar-refractivity contribution in [2.24, 2.45) is 0 Å². The van der Waals surface area contributed by atoms with Crippen LogP contribution in [0, 0.1) is 11.3 Å². The number of hydrogen-bond acceptors (Lipinski definition) is 4. The highest BCUT2D eigenvalue weighted by Gasteiger charge is 2.35. The second-order valence-corrected chi connectivity index (χ2v) is 5.32. The summed E-state index contributed by atoms with van der Waals surface area (Å²) in [7, 11) is 0.270. The van der Waals surface area contributed by atoms with Gasteiger partial charge in [0.15, 0.2) is 0 Å². The lowest BCUT2D eigenvalue weighted by Gasteiger charge is -2.37. The first-order valence-electron chi connectivity index (χ1n) is 5.76. The van der Waals surface area contributed by atoms with Gasteiger partial charge >= 0.3 is 7.48 Å². The number of rotatable bonds is 4. The predicted molar refractivity (Wildman–Crippen MR) is 71.1 cm³/mol. The van der Waals surface area contributed by atoms with E-state index in [0.717, 1.165) is 5.46 Å². The molecule has 0 aliphatic carbocycles. The van der Waals surface area contributed by atoms with E-state index in [2.05, 4.69) is 0 Å². The van der Waals surface area contributed by atoms with Gasteiger partial charge in [-0.25, -0.2) is 0 Å². The molecule has 1 aromatic rings. The van der Waals surface area contributed by atoms with E-state index >= 15 is 0 Å². The van der Waals surface area contributed by atoms with E-state index < -0.39 is 11.2 Å². The minimum Gasteiger partial charge on any atom is -0.507 e. The van der Waals surface area contributed by atoms with E-state index in [1.807, 2.05) is 6.07 Å². The summed E-state index contributed by atoms with van der Waals surface area (Å²) >= 11 is 0. The molecule has 0 amide bonds. The fourth-order valence-electron chi connectivity index (χ4n) is 1.20. The Balaban J connectivity index is 2.79. The minimum atomic E-state index is -0.970. The summed E-state index contributed by atoms with van der Waals surface area (Å²) in [6, 6.07) is 6.64. The van der Waals surface area contributed by atoms with E-state index in [1.54, 1.807) is 39.8 Å². The van der Waals surface area contributed by atoms with Gasteiger partial charge in [0.1, 0.15) is 11.8 Å². The molecule has 2 N–H and O–H groups in total. The van der Waals surface area contributed by atoms with Gasteiger partial charge < -0.3 is 14.9 Å². The number of aliphatic hydroxyl groups is 1. The second-order valence-electron chi connectivity index (χ2n) is 5.32. The maximum absolute atomic E-state index is 9.95. The predicted octanol–water partition coefficient (Wildman–Crippen LogP) is 0.807. The summed E-state index contributed by atoms with van der Waals surface area (Å²) in [5.74, 6) is -0.0389. The Morgan fingerprint density at radius 2 is 1.89 bits per heavy atom. The Hall–Kier alpha value is -1.51. The van der Waals surface area contributed by atoms with Crippen molar-refractivity contribution in [3.8, 4) is 11.8 Å². The molecule has 0 aliphatic rings. The summed E-state index contributed by atoms with van der Waals surface area (Å²) in [6.45, 7) is 6.98. The van der Waals surface area contributed by atoms with Gasteiger partial charge in [-0.2, -0.15) is 5.26 Å². The third-order valence-electron chi connectivity index (χ3n) is 3.25. The molecule has 0 radical (unpaired) electrons. The maximum atomic E-state index is 9.95. The van der Waals surface area contributed by atoms with Crippen LogP contribution in [0.2, 0.25) is 0 Å². The second kappa shape index (κ2) is 5.01. The van der Waals surface area contributed by atoms with Gasteiger partial charge in [-0.3, -0.25) is 0 Å². The average Bonchev–Trinajstić information content (AvgIpc) is 2.26. The van der Waals surface area contributed by atoms with Crippen LogP contribution in [0.25, 0.3) is 0 Å². The third kappa shape index (κ3) is 3.25. The van der Waals surface area contributed by atoms with Crippen molar-refractivity contribution in [3.05, 3.63) is 23.8 Å². The molecule has 0 heterocycles. The van der Waals surface area contributed by atoms with Gasteiger partial charge in [0.25, 0.3) is 0 Å². The van der Waals surface area contributed by atoms with Gasteiger partial charge in [0.2, 0.25) is 0 Å². The van der Waals surface area contributed by atoms with Crippen LogP contribution in [0.5, 0.6) is 5.75 Å². The van der Waals surface area contributed by atoms with Gasteiger partial charge in [0, 0.05) is 0 Å². The van der Waals surface area contributed by atoms with Crippen LogP contribution >= 0.6 is 0 Å². The Morgan fingerprint density at radius 1 is 1.28 bits per heavy atom. The topological polar surface area (TPSA) is 73.5 Å². The summed E-state index contributed by atoms with van der Waals surface area (Å²) < 4.78 is 5.68. The van der Waals surface area contributed by atoms with Crippen molar-refractivity contribution >= 4 is 12.9 Å². The van der Waals surface area contributed by atoms with Crippen molar-refractivity contribution in [1.29, 1.82) is 5.26 Å². The molecule has 0 aliphatic heterocycles. The van der Waals surface area contributed by atoms with Crippen LogP contribution in [0.4, 0.5) is 0 Å². The lowest BCUT2D eigenvalue weighted by molar-refractivity contribution is -0.0893. The smallest absolute Gasteiger partial charge is 0.309 e. The highest BCUT2D eigenvalue weighted by molar-refractivity contribution is 6.47. The summed E-state index contributed by atoms with van der Waals surface area (Å²) in [4.78, 5) is 0. The summed E-state index contributed by atoms with van der Waals surface area (Å²) in [5, 5.41) is 28.1. The summed E-state index contributed by atoms with van der Waals surface area (Å²) in [5.41, 5.74) is -0.682. The van der Waals surface area contributed by atoms with Crippen LogP contribution < -0.4 is 5.46 Å². The zero-order valence-corrected chi connectivity index (χ0v) is 11.2. The monoisotopic (exact) mass is 247 g/mol. The van der Waals surface area contributed by atoms with Gasteiger partial charge in [-0.15, -0.1) is 0 Å². The molecule has 1 rings (SSSR count). The molecule has 96 valence electrons. The lowest BCUT2D eigenvalue weighted by atomic mass is 9.82. The number of phenolic OH excluding ortho intramolecular Hbond substituents is 1. The molecule has 0 fully saturated rings. The number of nitrogens with zero attached hydrogens (tertiary/aromatic N) is 1. The zero-order valence-electron chi connectivity index (χ0n) is 11.2. The van der Waals surface area contributed by atoms with Crippen molar-refractivity contribution in [2.45, 2.75) is 38.9 Å².